The Morgan fingerprint density at radius 1 is 0.867 bits per heavy atom. The van der Waals surface area contributed by atoms with Gasteiger partial charge in [-0.05, 0) is 0 Å². The second-order valence-corrected chi connectivity index (χ2v) is 4.14. The molecule has 11 heteroatoms. The van der Waals surface area contributed by atoms with Gasteiger partial charge in [-0.1, -0.05) is 0 Å². The minimum Gasteiger partial charge on any atom is -0.391 e. The Kier molecular flexibility index (Phi) is 9.97. The van der Waals surface area contributed by atoms with Crippen LogP contribution in [0.4, 0.5) is 0 Å². The molecule has 1 saturated heterocycles. The van der Waals surface area contributed by atoms with Gasteiger partial charge in [0.2, 0.25) is 0 Å². The van der Waals surface area contributed by atoms with Crippen molar-refractivity contribution in [3.63, 3.8) is 0 Å². The summed E-state index contributed by atoms with van der Waals surface area (Å²) in [4.78, 5) is 0. The third-order valence-corrected chi connectivity index (χ3v) is 3.03. The van der Waals surface area contributed by atoms with Crippen molar-refractivity contribution in [2.24, 2.45) is 0 Å². The number of aliphatic hydroxyl groups is 2. The second kappa shape index (κ2) is 8.88. The molecule has 0 amide bonds. The monoisotopic (exact) mass is 287 g/mol. The molecular weight excluding hydrogens is 277 g/mol. The van der Waals surface area contributed by atoms with Crippen LogP contribution in [0.1, 0.15) is 0 Å². The third-order valence-electron chi connectivity index (χ3n) is 1.21. The molecule has 0 aromatic carbocycles. The van der Waals surface area contributed by atoms with Gasteiger partial charge in [0, 0.05) is 51.4 Å². The minimum atomic E-state index is -2.94. The first kappa shape index (κ1) is 16.9. The van der Waals surface area contributed by atoms with Gasteiger partial charge in [-0.3, -0.25) is 27.2 Å². The van der Waals surface area contributed by atoms with Crippen molar-refractivity contribution < 1.29 is 37.4 Å². The maximum atomic E-state index is 10.9. The van der Waals surface area contributed by atoms with Crippen molar-refractivity contribution in [2.45, 2.75) is 12.6 Å². The quantitative estimate of drug-likeness (QED) is 0.496. The Labute approximate surface area is 130 Å². The van der Waals surface area contributed by atoms with Crippen molar-refractivity contribution >= 4 is 67.9 Å². The first-order valence-electron chi connectivity index (χ1n) is 3.62. The van der Waals surface area contributed by atoms with Crippen molar-refractivity contribution in [3.8, 4) is 0 Å². The van der Waals surface area contributed by atoms with Gasteiger partial charge in [0.15, 0.2) is 12.6 Å². The molecule has 15 heavy (non-hydrogen) atoms. The zero-order valence-electron chi connectivity index (χ0n) is 7.91. The molecule has 85 valence electrons. The standard InChI is InChI=1S/C4H10O8P2.K/c5-1-3-9-13(7)11-4(2-6)12-14(8)10-3;/h3-6,13-14H,1-2H2;. The number of hydrogen-bond donors (Lipinski definition) is 2. The smallest absolute Gasteiger partial charge is 0.323 e. The average Bonchev–Trinajstić information content (AvgIpc) is 2.13. The summed E-state index contributed by atoms with van der Waals surface area (Å²) in [5.74, 6) is 0. The van der Waals surface area contributed by atoms with E-state index in [1.807, 2.05) is 0 Å². The molecule has 0 aliphatic carbocycles. The summed E-state index contributed by atoms with van der Waals surface area (Å²) < 4.78 is 40.0. The minimum absolute atomic E-state index is 0. The second-order valence-electron chi connectivity index (χ2n) is 2.20. The molecule has 1 fully saturated rings. The van der Waals surface area contributed by atoms with Crippen LogP contribution in [0, 0.1) is 0 Å². The van der Waals surface area contributed by atoms with E-state index in [0.29, 0.717) is 0 Å². The molecule has 0 atom stereocenters. The fraction of sp³-hybridized carbons (Fsp3) is 1.00. The summed E-state index contributed by atoms with van der Waals surface area (Å²) in [5, 5.41) is 17.2. The zero-order valence-corrected chi connectivity index (χ0v) is 13.0. The van der Waals surface area contributed by atoms with Crippen LogP contribution >= 0.6 is 16.5 Å². The SMILES string of the molecule is O=[PH]1OC(CO)O[PH](=O)OC(CO)O1.[K]. The molecule has 0 spiro atoms. The normalized spacial score (nSPS) is 37.5. The van der Waals surface area contributed by atoms with E-state index in [2.05, 4.69) is 18.1 Å². The van der Waals surface area contributed by atoms with Gasteiger partial charge in [0.05, 0.1) is 13.2 Å². The van der Waals surface area contributed by atoms with Crippen molar-refractivity contribution in [2.75, 3.05) is 13.2 Å². The Bertz CT molecular complexity index is 197. The predicted octanol–water partition coefficient (Wildman–Crippen LogP) is -0.898. The topological polar surface area (TPSA) is 112 Å². The Morgan fingerprint density at radius 2 is 1.13 bits per heavy atom. The third kappa shape index (κ3) is 6.37. The maximum absolute atomic E-state index is 10.9. The number of rotatable bonds is 2. The molecule has 0 aromatic rings. The maximum Gasteiger partial charge on any atom is 0.323 e. The molecule has 0 unspecified atom stereocenters. The fourth-order valence-corrected chi connectivity index (χ4v) is 2.33. The van der Waals surface area contributed by atoms with Crippen LogP contribution < -0.4 is 0 Å². The van der Waals surface area contributed by atoms with E-state index in [1.165, 1.54) is 0 Å². The fourth-order valence-electron chi connectivity index (χ4n) is 0.682. The molecule has 1 heterocycles. The first-order chi connectivity index (χ1) is 6.65. The molecule has 1 aliphatic heterocycles. The predicted molar refractivity (Wildman–Crippen MR) is 49.8 cm³/mol. The largest absolute Gasteiger partial charge is 0.391 e. The molecule has 1 aliphatic rings. The summed E-state index contributed by atoms with van der Waals surface area (Å²) in [5.41, 5.74) is 0. The summed E-state index contributed by atoms with van der Waals surface area (Å²) in [6.07, 6.45) is -2.60. The Hall–Kier alpha value is 1.86. The van der Waals surface area contributed by atoms with Crippen molar-refractivity contribution in [1.82, 2.24) is 0 Å². The zero-order chi connectivity index (χ0) is 10.6. The molecule has 0 bridgehead atoms. The van der Waals surface area contributed by atoms with E-state index in [4.69, 9.17) is 10.2 Å². The van der Waals surface area contributed by atoms with Gasteiger partial charge in [-0.2, -0.15) is 0 Å². The molecule has 8 nitrogen and oxygen atoms in total. The molecule has 0 aromatic heterocycles. The van der Waals surface area contributed by atoms with Gasteiger partial charge in [-0.25, -0.2) is 0 Å². The van der Waals surface area contributed by atoms with Crippen LogP contribution in [0.5, 0.6) is 0 Å². The molecule has 2 N–H and O–H groups in total. The van der Waals surface area contributed by atoms with E-state index < -0.39 is 42.3 Å². The average molecular weight is 287 g/mol. The number of aliphatic hydroxyl groups excluding tert-OH is 2. The molecular formula is C4H10KO8P2. The van der Waals surface area contributed by atoms with Gasteiger partial charge in [0.1, 0.15) is 0 Å². The number of hydrogen-bond acceptors (Lipinski definition) is 8. The van der Waals surface area contributed by atoms with Crippen LogP contribution in [0.15, 0.2) is 0 Å². The summed E-state index contributed by atoms with van der Waals surface area (Å²) in [7, 11) is -5.88. The Morgan fingerprint density at radius 3 is 1.33 bits per heavy atom. The van der Waals surface area contributed by atoms with Crippen LogP contribution in [0.3, 0.4) is 0 Å². The molecule has 0 saturated carbocycles. The van der Waals surface area contributed by atoms with E-state index >= 15 is 0 Å². The van der Waals surface area contributed by atoms with E-state index in [9.17, 15) is 9.13 Å². The van der Waals surface area contributed by atoms with E-state index in [-0.39, 0.29) is 51.4 Å². The van der Waals surface area contributed by atoms with E-state index in [1.54, 1.807) is 0 Å². The van der Waals surface area contributed by atoms with Gasteiger partial charge >= 0.3 is 16.5 Å². The summed E-state index contributed by atoms with van der Waals surface area (Å²) in [6, 6.07) is 0. The van der Waals surface area contributed by atoms with Crippen LogP contribution in [-0.4, -0.2) is 87.4 Å². The van der Waals surface area contributed by atoms with Gasteiger partial charge < -0.3 is 10.2 Å². The molecule has 1 rings (SSSR count). The Balaban J connectivity index is 0.00000196. The van der Waals surface area contributed by atoms with Gasteiger partial charge in [-0.15, -0.1) is 0 Å². The molecule has 1 radical (unpaired) electrons. The van der Waals surface area contributed by atoms with Crippen LogP contribution in [0.25, 0.3) is 0 Å². The van der Waals surface area contributed by atoms with Crippen LogP contribution in [0.2, 0.25) is 0 Å². The van der Waals surface area contributed by atoms with E-state index in [0.717, 1.165) is 0 Å². The first-order valence-corrected chi connectivity index (χ1v) is 6.07. The summed E-state index contributed by atoms with van der Waals surface area (Å²) >= 11 is 0. The summed E-state index contributed by atoms with van der Waals surface area (Å²) in [6.45, 7) is -1.24. The van der Waals surface area contributed by atoms with Crippen LogP contribution in [-0.2, 0) is 27.2 Å². The van der Waals surface area contributed by atoms with Crippen molar-refractivity contribution in [1.29, 1.82) is 0 Å². The van der Waals surface area contributed by atoms with Gasteiger partial charge in [0.25, 0.3) is 0 Å². The van der Waals surface area contributed by atoms with Crippen molar-refractivity contribution in [3.05, 3.63) is 0 Å².